The number of ether oxygens (including phenoxy) is 8. The Morgan fingerprint density at radius 1 is 0.348 bits per heavy atom. The molecule has 0 saturated carbocycles. The van der Waals surface area contributed by atoms with Gasteiger partial charge in [0.1, 0.15) is 12.2 Å². The predicted octanol–water partition coefficient (Wildman–Crippen LogP) is 8.05. The molecule has 270 valence electrons. The topological polar surface area (TPSA) is 73.8 Å². The third kappa shape index (κ3) is 7.70. The summed E-state index contributed by atoms with van der Waals surface area (Å²) in [5, 5.41) is 0. The van der Waals surface area contributed by atoms with E-state index in [2.05, 4.69) is 90.0 Å². The first kappa shape index (κ1) is 38.5. The molecule has 0 N–H and O–H groups in total. The van der Waals surface area contributed by atoms with Gasteiger partial charge in [-0.05, 0) is 61.2 Å². The molecule has 0 aromatic heterocycles. The van der Waals surface area contributed by atoms with Crippen molar-refractivity contribution in [2.75, 3.05) is 7.11 Å². The van der Waals surface area contributed by atoms with Gasteiger partial charge in [0.2, 0.25) is 0 Å². The van der Waals surface area contributed by atoms with Crippen LogP contribution in [-0.4, -0.2) is 75.0 Å². The molecular formula is C38H70O8. The van der Waals surface area contributed by atoms with Gasteiger partial charge in [0.05, 0.1) is 30.5 Å². The SMILES string of the molecule is CCC1O[C@H](OC2[C@@H](OC3[C@@H](O[C@@H]4C(C)[C@@H](OC)OC(CC)[C@H]4C)OC(CC)[C@@H](C)[C@@H]3C)OC(CC)[C@@H](C)[C@@H]2C)C(C)[C@@H](C)[C@@H]1C. The Bertz CT molecular complexity index is 901. The van der Waals surface area contributed by atoms with Crippen molar-refractivity contribution in [3.8, 4) is 0 Å². The average molecular weight is 655 g/mol. The van der Waals surface area contributed by atoms with Gasteiger partial charge in [-0.1, -0.05) is 90.0 Å². The maximum absolute atomic E-state index is 7.16. The highest BCUT2D eigenvalue weighted by atomic mass is 16.8. The molecular weight excluding hydrogens is 584 g/mol. The maximum Gasteiger partial charge on any atom is 0.185 e. The third-order valence-electron chi connectivity index (χ3n) is 13.1. The number of hydrogen-bond acceptors (Lipinski definition) is 8. The average Bonchev–Trinajstić information content (AvgIpc) is 3.05. The summed E-state index contributed by atoms with van der Waals surface area (Å²) in [5.41, 5.74) is 0. The second-order valence-corrected chi connectivity index (χ2v) is 15.6. The van der Waals surface area contributed by atoms with E-state index in [1.807, 2.05) is 0 Å². The van der Waals surface area contributed by atoms with Crippen molar-refractivity contribution >= 4 is 0 Å². The predicted molar refractivity (Wildman–Crippen MR) is 180 cm³/mol. The Hall–Kier alpha value is -0.320. The van der Waals surface area contributed by atoms with E-state index in [1.165, 1.54) is 0 Å². The fourth-order valence-corrected chi connectivity index (χ4v) is 8.88. The molecule has 0 aromatic carbocycles. The highest BCUT2D eigenvalue weighted by Gasteiger charge is 2.52. The van der Waals surface area contributed by atoms with Crippen molar-refractivity contribution in [3.05, 3.63) is 0 Å². The van der Waals surface area contributed by atoms with Gasteiger partial charge in [0.15, 0.2) is 25.2 Å². The standard InChI is InChI=1S/C38H70O8/c1-15-28-20(6)19(5)25(11)36(41-28)45-33-23(9)21(7)30(17-3)43-38(33)46-34-24(10)22(8)29(16-2)42-37(34)44-32-26(12)31(18-4)40-35(39-14)27(32)13/h19-38H,15-18H2,1-14H3/t19-,20-,21-,22-,23-,24-,25?,26+,27?,28?,29?,30?,31?,32-,33?,34?,35-,36+,37+,38+/m0/s1. The number of methoxy groups -OCH3 is 1. The van der Waals surface area contributed by atoms with Crippen molar-refractivity contribution in [3.63, 3.8) is 0 Å². The molecule has 0 spiro atoms. The first-order chi connectivity index (χ1) is 21.8. The second-order valence-electron chi connectivity index (χ2n) is 15.6. The summed E-state index contributed by atoms with van der Waals surface area (Å²) < 4.78 is 53.6. The Kier molecular flexibility index (Phi) is 13.9. The molecule has 0 bridgehead atoms. The fraction of sp³-hybridized carbons (Fsp3) is 1.00. The van der Waals surface area contributed by atoms with Gasteiger partial charge in [-0.3, -0.25) is 0 Å². The van der Waals surface area contributed by atoms with Crippen LogP contribution in [0.2, 0.25) is 0 Å². The zero-order valence-electron chi connectivity index (χ0n) is 31.6. The van der Waals surface area contributed by atoms with Gasteiger partial charge in [0.25, 0.3) is 0 Å². The van der Waals surface area contributed by atoms with Crippen LogP contribution in [0.5, 0.6) is 0 Å². The zero-order chi connectivity index (χ0) is 34.0. The molecule has 0 amide bonds. The summed E-state index contributed by atoms with van der Waals surface area (Å²) in [6.45, 7) is 29.2. The summed E-state index contributed by atoms with van der Waals surface area (Å²) in [6, 6.07) is 0. The van der Waals surface area contributed by atoms with Crippen LogP contribution in [0.15, 0.2) is 0 Å². The lowest BCUT2D eigenvalue weighted by Gasteiger charge is -2.52. The van der Waals surface area contributed by atoms with Crippen LogP contribution in [0.1, 0.15) is 116 Å². The smallest absolute Gasteiger partial charge is 0.185 e. The quantitative estimate of drug-likeness (QED) is 0.222. The molecule has 0 radical (unpaired) electrons. The first-order valence-electron chi connectivity index (χ1n) is 18.9. The van der Waals surface area contributed by atoms with Crippen LogP contribution >= 0.6 is 0 Å². The van der Waals surface area contributed by atoms with E-state index in [-0.39, 0.29) is 84.9 Å². The summed E-state index contributed by atoms with van der Waals surface area (Å²) >= 11 is 0. The number of hydrogen-bond donors (Lipinski definition) is 0. The van der Waals surface area contributed by atoms with Crippen molar-refractivity contribution in [2.45, 2.75) is 184 Å². The summed E-state index contributed by atoms with van der Waals surface area (Å²) in [4.78, 5) is 0. The molecule has 4 fully saturated rings. The van der Waals surface area contributed by atoms with E-state index in [4.69, 9.17) is 37.9 Å². The molecule has 20 atom stereocenters. The molecule has 0 aromatic rings. The lowest BCUT2D eigenvalue weighted by Crippen LogP contribution is -2.60. The lowest BCUT2D eigenvalue weighted by molar-refractivity contribution is -0.380. The Balaban J connectivity index is 1.63. The minimum Gasteiger partial charge on any atom is -0.355 e. The summed E-state index contributed by atoms with van der Waals surface area (Å²) in [6.07, 6.45) is 1.63. The van der Waals surface area contributed by atoms with Gasteiger partial charge in [-0.15, -0.1) is 0 Å². The minimum atomic E-state index is -0.561. The molecule has 8 heteroatoms. The molecule has 4 aliphatic heterocycles. The van der Waals surface area contributed by atoms with E-state index >= 15 is 0 Å². The van der Waals surface area contributed by atoms with Crippen LogP contribution in [0.3, 0.4) is 0 Å². The molecule has 0 aliphatic carbocycles. The molecule has 8 nitrogen and oxygen atoms in total. The normalized spacial score (nSPS) is 52.0. The van der Waals surface area contributed by atoms with Gasteiger partial charge < -0.3 is 37.9 Å². The van der Waals surface area contributed by atoms with E-state index in [9.17, 15) is 0 Å². The highest BCUT2D eigenvalue weighted by Crippen LogP contribution is 2.44. The summed E-state index contributed by atoms with van der Waals surface area (Å²) in [7, 11) is 1.72. The van der Waals surface area contributed by atoms with Gasteiger partial charge in [0, 0.05) is 24.9 Å². The molecule has 4 heterocycles. The highest BCUT2D eigenvalue weighted by molar-refractivity contribution is 4.93. The first-order valence-corrected chi connectivity index (χ1v) is 18.9. The van der Waals surface area contributed by atoms with Crippen LogP contribution in [0.25, 0.3) is 0 Å². The van der Waals surface area contributed by atoms with Crippen LogP contribution in [0.4, 0.5) is 0 Å². The Labute approximate surface area is 281 Å². The minimum absolute atomic E-state index is 0.0370. The van der Waals surface area contributed by atoms with Crippen LogP contribution in [0, 0.1) is 53.3 Å². The zero-order valence-corrected chi connectivity index (χ0v) is 31.6. The Morgan fingerprint density at radius 3 is 1.13 bits per heavy atom. The summed E-state index contributed by atoms with van der Waals surface area (Å²) in [5.74, 6) is 2.48. The monoisotopic (exact) mass is 655 g/mol. The molecule has 8 unspecified atom stereocenters. The van der Waals surface area contributed by atoms with E-state index in [1.54, 1.807) is 7.11 Å². The van der Waals surface area contributed by atoms with E-state index in [0.29, 0.717) is 23.7 Å². The third-order valence-corrected chi connectivity index (χ3v) is 13.1. The second kappa shape index (κ2) is 16.6. The lowest BCUT2D eigenvalue weighted by atomic mass is 9.78. The van der Waals surface area contributed by atoms with E-state index < -0.39 is 12.6 Å². The van der Waals surface area contributed by atoms with Crippen molar-refractivity contribution in [1.82, 2.24) is 0 Å². The van der Waals surface area contributed by atoms with Gasteiger partial charge in [-0.2, -0.15) is 0 Å². The van der Waals surface area contributed by atoms with Crippen molar-refractivity contribution in [1.29, 1.82) is 0 Å². The Morgan fingerprint density at radius 2 is 0.696 bits per heavy atom. The van der Waals surface area contributed by atoms with Crippen molar-refractivity contribution < 1.29 is 37.9 Å². The molecule has 4 rings (SSSR count). The maximum atomic E-state index is 7.16. The number of rotatable bonds is 11. The molecule has 4 aliphatic rings. The fourth-order valence-electron chi connectivity index (χ4n) is 8.88. The molecule has 4 saturated heterocycles. The van der Waals surface area contributed by atoms with E-state index in [0.717, 1.165) is 25.7 Å². The van der Waals surface area contributed by atoms with Gasteiger partial charge >= 0.3 is 0 Å². The van der Waals surface area contributed by atoms with Crippen molar-refractivity contribution in [2.24, 2.45) is 53.3 Å². The van der Waals surface area contributed by atoms with Gasteiger partial charge in [-0.25, -0.2) is 0 Å². The largest absolute Gasteiger partial charge is 0.355 e. The van der Waals surface area contributed by atoms with Crippen LogP contribution < -0.4 is 0 Å². The van der Waals surface area contributed by atoms with Crippen LogP contribution in [-0.2, 0) is 37.9 Å². The molecule has 46 heavy (non-hydrogen) atoms.